The molecule has 0 atom stereocenters. The maximum atomic E-state index is 14.1. The van der Waals surface area contributed by atoms with Crippen LogP contribution in [0.4, 0.5) is 10.1 Å². The van der Waals surface area contributed by atoms with Crippen molar-refractivity contribution in [1.82, 2.24) is 4.90 Å². The molecule has 0 aliphatic carbocycles. The van der Waals surface area contributed by atoms with Crippen molar-refractivity contribution in [3.8, 4) is 0 Å². The van der Waals surface area contributed by atoms with Crippen LogP contribution in [-0.2, 0) is 16.1 Å². The molecule has 0 unspecified atom stereocenters. The molecule has 0 saturated heterocycles. The van der Waals surface area contributed by atoms with E-state index in [1.807, 2.05) is 35.7 Å². The molecule has 30 heavy (non-hydrogen) atoms. The Morgan fingerprint density at radius 1 is 0.967 bits per heavy atom. The van der Waals surface area contributed by atoms with E-state index in [9.17, 15) is 14.0 Å². The van der Waals surface area contributed by atoms with Gasteiger partial charge in [-0.3, -0.25) is 14.5 Å². The first kappa shape index (κ1) is 20.0. The number of thiophene rings is 1. The lowest BCUT2D eigenvalue weighted by Crippen LogP contribution is -2.32. The summed E-state index contributed by atoms with van der Waals surface area (Å²) in [6, 6.07) is 17.6. The van der Waals surface area contributed by atoms with E-state index in [-0.39, 0.29) is 12.2 Å². The smallest absolute Gasteiger partial charge is 0.278 e. The number of nitrogens with zero attached hydrogens (tertiary/aromatic N) is 1. The molecule has 2 amide bonds. The number of hydrogen-bond acceptors (Lipinski definition) is 4. The van der Waals surface area contributed by atoms with E-state index in [0.717, 1.165) is 10.6 Å². The second-order valence-electron chi connectivity index (χ2n) is 7.42. The third-order valence-electron chi connectivity index (χ3n) is 5.07. The number of nitrogens with one attached hydrogen (secondary N) is 1. The van der Waals surface area contributed by atoms with Crippen LogP contribution in [0.25, 0.3) is 5.57 Å². The largest absolute Gasteiger partial charge is 0.350 e. The Bertz CT molecular complexity index is 1120. The van der Waals surface area contributed by atoms with Gasteiger partial charge in [0.25, 0.3) is 11.8 Å². The van der Waals surface area contributed by atoms with Crippen molar-refractivity contribution in [1.29, 1.82) is 0 Å². The first-order chi connectivity index (χ1) is 14.5. The van der Waals surface area contributed by atoms with Crippen molar-refractivity contribution in [2.75, 3.05) is 5.32 Å². The average molecular weight is 421 g/mol. The van der Waals surface area contributed by atoms with Gasteiger partial charge in [-0.25, -0.2) is 4.39 Å². The summed E-state index contributed by atoms with van der Waals surface area (Å²) < 4.78 is 14.1. The van der Waals surface area contributed by atoms with Crippen LogP contribution in [0.15, 0.2) is 71.7 Å². The lowest BCUT2D eigenvalue weighted by atomic mass is 10.0. The Labute approximate surface area is 178 Å². The number of halogens is 1. The topological polar surface area (TPSA) is 49.4 Å². The van der Waals surface area contributed by atoms with Gasteiger partial charge in [-0.1, -0.05) is 50.2 Å². The lowest BCUT2D eigenvalue weighted by Gasteiger charge is -2.16. The summed E-state index contributed by atoms with van der Waals surface area (Å²) in [6.45, 7) is 4.11. The van der Waals surface area contributed by atoms with Crippen molar-refractivity contribution in [3.05, 3.63) is 93.6 Å². The Morgan fingerprint density at radius 2 is 1.70 bits per heavy atom. The highest BCUT2D eigenvalue weighted by atomic mass is 32.1. The highest BCUT2D eigenvalue weighted by Gasteiger charge is 2.40. The molecule has 0 radical (unpaired) electrons. The fourth-order valence-electron chi connectivity index (χ4n) is 3.38. The quantitative estimate of drug-likeness (QED) is 0.543. The highest BCUT2D eigenvalue weighted by molar-refractivity contribution is 7.11. The minimum absolute atomic E-state index is 0.114. The van der Waals surface area contributed by atoms with Crippen molar-refractivity contribution in [2.24, 2.45) is 0 Å². The first-order valence-electron chi connectivity index (χ1n) is 9.70. The van der Waals surface area contributed by atoms with Crippen LogP contribution in [0.2, 0.25) is 0 Å². The molecule has 4 rings (SSSR count). The Balaban J connectivity index is 1.68. The SMILES string of the molecule is CC(C)c1ccc(NC2=C(c3cccs3)C(=O)N(Cc3ccccc3F)C2=O)cc1. The molecule has 0 saturated carbocycles. The second-order valence-corrected chi connectivity index (χ2v) is 8.36. The molecule has 4 nitrogen and oxygen atoms in total. The molecule has 0 bridgehead atoms. The predicted molar refractivity (Wildman–Crippen MR) is 117 cm³/mol. The minimum atomic E-state index is -0.459. The number of carbonyl (C=O) groups is 2. The van der Waals surface area contributed by atoms with E-state index in [0.29, 0.717) is 21.9 Å². The van der Waals surface area contributed by atoms with Gasteiger partial charge in [0.05, 0.1) is 12.1 Å². The van der Waals surface area contributed by atoms with Crippen LogP contribution in [0.3, 0.4) is 0 Å². The predicted octanol–water partition coefficient (Wildman–Crippen LogP) is 5.40. The fraction of sp³-hybridized carbons (Fsp3) is 0.167. The van der Waals surface area contributed by atoms with Gasteiger partial charge in [0, 0.05) is 16.1 Å². The molecule has 0 spiro atoms. The fourth-order valence-corrected chi connectivity index (χ4v) is 4.15. The van der Waals surface area contributed by atoms with Crippen LogP contribution in [0, 0.1) is 5.82 Å². The molecular formula is C24H21FN2O2S. The maximum Gasteiger partial charge on any atom is 0.278 e. The normalized spacial score (nSPS) is 14.2. The summed E-state index contributed by atoms with van der Waals surface area (Å²) in [5.41, 5.74) is 2.74. The third kappa shape index (κ3) is 3.78. The molecule has 1 N–H and O–H groups in total. The summed E-state index contributed by atoms with van der Waals surface area (Å²) in [5.74, 6) is -0.932. The number of carbonyl (C=O) groups excluding carboxylic acids is 2. The highest BCUT2D eigenvalue weighted by Crippen LogP contribution is 2.34. The van der Waals surface area contributed by atoms with E-state index >= 15 is 0 Å². The standard InChI is InChI=1S/C24H21FN2O2S/c1-15(2)16-9-11-18(12-10-16)26-22-21(20-8-5-13-30-20)23(28)27(24(22)29)14-17-6-3-4-7-19(17)25/h3-13,15,26H,14H2,1-2H3. The Hall–Kier alpha value is -3.25. The average Bonchev–Trinajstić information content (AvgIpc) is 3.33. The number of rotatable bonds is 6. The van der Waals surface area contributed by atoms with E-state index in [1.165, 1.54) is 23.0 Å². The van der Waals surface area contributed by atoms with Gasteiger partial charge in [-0.2, -0.15) is 0 Å². The number of hydrogen-bond donors (Lipinski definition) is 1. The monoisotopic (exact) mass is 420 g/mol. The molecule has 6 heteroatoms. The van der Waals surface area contributed by atoms with Crippen molar-refractivity contribution in [3.63, 3.8) is 0 Å². The first-order valence-corrected chi connectivity index (χ1v) is 10.6. The van der Waals surface area contributed by atoms with Crippen LogP contribution >= 0.6 is 11.3 Å². The number of imide groups is 1. The van der Waals surface area contributed by atoms with Crippen molar-refractivity contribution in [2.45, 2.75) is 26.3 Å². The summed E-state index contributed by atoms with van der Waals surface area (Å²) in [4.78, 5) is 28.1. The van der Waals surface area contributed by atoms with Crippen LogP contribution in [0.5, 0.6) is 0 Å². The molecule has 0 fully saturated rings. The van der Waals surface area contributed by atoms with Crippen LogP contribution < -0.4 is 5.32 Å². The number of anilines is 1. The molecule has 2 heterocycles. The van der Waals surface area contributed by atoms with Gasteiger partial charge < -0.3 is 5.32 Å². The van der Waals surface area contributed by atoms with E-state index in [4.69, 9.17) is 0 Å². The minimum Gasteiger partial charge on any atom is -0.350 e. The van der Waals surface area contributed by atoms with E-state index in [1.54, 1.807) is 24.3 Å². The molecule has 2 aromatic carbocycles. The third-order valence-corrected chi connectivity index (χ3v) is 5.96. The lowest BCUT2D eigenvalue weighted by molar-refractivity contribution is -0.137. The van der Waals surface area contributed by atoms with Crippen molar-refractivity contribution < 1.29 is 14.0 Å². The van der Waals surface area contributed by atoms with Crippen molar-refractivity contribution >= 4 is 34.4 Å². The molecule has 152 valence electrons. The molecule has 1 aliphatic rings. The summed E-state index contributed by atoms with van der Waals surface area (Å²) >= 11 is 1.39. The van der Waals surface area contributed by atoms with Gasteiger partial charge >= 0.3 is 0 Å². The molecule has 1 aromatic heterocycles. The molecule has 3 aromatic rings. The summed E-state index contributed by atoms with van der Waals surface area (Å²) in [7, 11) is 0. The van der Waals surface area contributed by atoms with E-state index < -0.39 is 17.6 Å². The van der Waals surface area contributed by atoms with Gasteiger partial charge in [0.1, 0.15) is 11.5 Å². The maximum absolute atomic E-state index is 14.1. The zero-order valence-electron chi connectivity index (χ0n) is 16.7. The van der Waals surface area contributed by atoms with Gasteiger partial charge in [0.2, 0.25) is 0 Å². The zero-order chi connectivity index (χ0) is 21.3. The van der Waals surface area contributed by atoms with E-state index in [2.05, 4.69) is 19.2 Å². The van der Waals surface area contributed by atoms with Gasteiger partial charge in [-0.05, 0) is 41.1 Å². The Kier molecular flexibility index (Phi) is 5.50. The summed E-state index contributed by atoms with van der Waals surface area (Å²) in [6.07, 6.45) is 0. The van der Waals surface area contributed by atoms with Gasteiger partial charge in [0.15, 0.2) is 0 Å². The zero-order valence-corrected chi connectivity index (χ0v) is 17.5. The second kappa shape index (κ2) is 8.24. The molecular weight excluding hydrogens is 399 g/mol. The Morgan fingerprint density at radius 3 is 2.33 bits per heavy atom. The van der Waals surface area contributed by atoms with Crippen LogP contribution in [0.1, 0.15) is 35.8 Å². The summed E-state index contributed by atoms with van der Waals surface area (Å²) in [5, 5.41) is 4.99. The molecule has 1 aliphatic heterocycles. The number of benzene rings is 2. The number of amides is 2. The van der Waals surface area contributed by atoms with Gasteiger partial charge in [-0.15, -0.1) is 11.3 Å². The van der Waals surface area contributed by atoms with Crippen LogP contribution in [-0.4, -0.2) is 16.7 Å².